The summed E-state index contributed by atoms with van der Waals surface area (Å²) in [5.74, 6) is 0.692. The second-order valence-corrected chi connectivity index (χ2v) is 6.69. The van der Waals surface area contributed by atoms with Crippen LogP contribution in [0.5, 0.6) is 0 Å². The van der Waals surface area contributed by atoms with Gasteiger partial charge in [0.2, 0.25) is 0 Å². The molecule has 0 fully saturated rings. The second-order valence-electron chi connectivity index (χ2n) is 4.75. The van der Waals surface area contributed by atoms with Gasteiger partial charge in [-0.15, -0.1) is 0 Å². The Hall–Kier alpha value is -1.53. The van der Waals surface area contributed by atoms with Crippen molar-refractivity contribution in [2.45, 2.75) is 13.0 Å². The highest BCUT2D eigenvalue weighted by Crippen LogP contribution is 2.23. The molecule has 2 heterocycles. The molecule has 20 heavy (non-hydrogen) atoms. The van der Waals surface area contributed by atoms with Gasteiger partial charge in [0.1, 0.15) is 0 Å². The molecule has 3 aromatic rings. The van der Waals surface area contributed by atoms with E-state index >= 15 is 0 Å². The third-order valence-corrected chi connectivity index (χ3v) is 4.50. The quantitative estimate of drug-likeness (QED) is 0.754. The number of hydrogen-bond acceptors (Lipinski definition) is 3. The zero-order valence-corrected chi connectivity index (χ0v) is 12.8. The van der Waals surface area contributed by atoms with E-state index in [1.165, 1.54) is 0 Å². The van der Waals surface area contributed by atoms with Crippen molar-refractivity contribution in [2.75, 3.05) is 12.0 Å². The first-order chi connectivity index (χ1) is 9.66. The van der Waals surface area contributed by atoms with E-state index < -0.39 is 10.8 Å². The lowest BCUT2D eigenvalue weighted by molar-refractivity contribution is 0.665. The van der Waals surface area contributed by atoms with Gasteiger partial charge in [0, 0.05) is 34.7 Å². The third kappa shape index (κ3) is 2.41. The monoisotopic (exact) mass is 305 g/mol. The van der Waals surface area contributed by atoms with E-state index in [1.54, 1.807) is 6.26 Å². The van der Waals surface area contributed by atoms with Gasteiger partial charge in [0.05, 0.1) is 22.7 Å². The fraction of sp³-hybridized carbons (Fsp3) is 0.286. The van der Waals surface area contributed by atoms with Crippen LogP contribution in [0.15, 0.2) is 30.5 Å². The van der Waals surface area contributed by atoms with Crippen LogP contribution in [0.2, 0.25) is 0 Å². The molecular weight excluding hydrogens is 290 g/mol. The van der Waals surface area contributed by atoms with Crippen LogP contribution in [-0.4, -0.2) is 30.8 Å². The van der Waals surface area contributed by atoms with E-state index in [1.807, 2.05) is 24.4 Å². The number of aromatic nitrogens is 3. The largest absolute Gasteiger partial charge is 0.329 e. The van der Waals surface area contributed by atoms with Gasteiger partial charge in [-0.1, -0.05) is 18.2 Å². The van der Waals surface area contributed by atoms with Crippen molar-refractivity contribution in [3.8, 4) is 0 Å². The number of imidazole rings is 1. The van der Waals surface area contributed by atoms with Crippen molar-refractivity contribution in [1.82, 2.24) is 14.5 Å². The molecule has 2 aromatic heterocycles. The second kappa shape index (κ2) is 5.46. The predicted octanol–water partition coefficient (Wildman–Crippen LogP) is 3.02. The molecule has 0 saturated carbocycles. The van der Waals surface area contributed by atoms with Gasteiger partial charge >= 0.3 is 0 Å². The predicted molar refractivity (Wildman–Crippen MR) is 86.0 cm³/mol. The highest BCUT2D eigenvalue weighted by molar-refractivity contribution is 7.84. The molecular formula is C14H15N3OS2. The van der Waals surface area contributed by atoms with Crippen LogP contribution < -0.4 is 0 Å². The number of H-pyrrole nitrogens is 1. The number of nitrogens with one attached hydrogen (secondary N) is 1. The van der Waals surface area contributed by atoms with Gasteiger partial charge in [-0.05, 0) is 24.7 Å². The van der Waals surface area contributed by atoms with Gasteiger partial charge in [-0.2, -0.15) is 0 Å². The molecule has 1 N–H and O–H groups in total. The Balaban J connectivity index is 2.15. The molecule has 0 radical (unpaired) electrons. The van der Waals surface area contributed by atoms with E-state index in [4.69, 9.17) is 12.2 Å². The van der Waals surface area contributed by atoms with Crippen LogP contribution >= 0.6 is 12.2 Å². The Labute approximate surface area is 124 Å². The van der Waals surface area contributed by atoms with Crippen molar-refractivity contribution >= 4 is 45.0 Å². The summed E-state index contributed by atoms with van der Waals surface area (Å²) >= 11 is 5.40. The number of fused-ring (bicyclic) bond motifs is 3. The fourth-order valence-electron chi connectivity index (χ4n) is 2.43. The maximum atomic E-state index is 11.2. The molecule has 4 nitrogen and oxygen atoms in total. The van der Waals surface area contributed by atoms with Crippen molar-refractivity contribution in [1.29, 1.82) is 0 Å². The van der Waals surface area contributed by atoms with Crippen LogP contribution in [-0.2, 0) is 17.3 Å². The van der Waals surface area contributed by atoms with Crippen LogP contribution in [0.4, 0.5) is 0 Å². The van der Waals surface area contributed by atoms with Crippen molar-refractivity contribution < 1.29 is 4.21 Å². The van der Waals surface area contributed by atoms with E-state index in [9.17, 15) is 4.21 Å². The minimum atomic E-state index is -0.764. The number of aryl methyl sites for hydroxylation is 1. The molecule has 0 bridgehead atoms. The normalized spacial score (nSPS) is 13.1. The summed E-state index contributed by atoms with van der Waals surface area (Å²) in [5.41, 5.74) is 3.00. The summed E-state index contributed by atoms with van der Waals surface area (Å²) in [6, 6.07) is 8.04. The molecule has 6 heteroatoms. The average Bonchev–Trinajstić information content (AvgIpc) is 2.75. The molecule has 0 saturated heterocycles. The first-order valence-corrected chi connectivity index (χ1v) is 8.56. The van der Waals surface area contributed by atoms with Crippen LogP contribution in [0.1, 0.15) is 6.42 Å². The van der Waals surface area contributed by atoms with E-state index in [2.05, 4.69) is 20.6 Å². The number of nitrogens with zero attached hydrogens (tertiary/aromatic N) is 2. The molecule has 0 spiro atoms. The standard InChI is InChI=1S/C14H15N3OS2/c1-20(18)8-4-7-17-13-10-5-2-3-6-11(10)15-9-12(13)16-14(17)19/h2-3,5-6,9H,4,7-8H2,1H3,(H,16,19). The highest BCUT2D eigenvalue weighted by atomic mass is 32.2. The fourth-order valence-corrected chi connectivity index (χ4v) is 3.26. The molecule has 0 amide bonds. The summed E-state index contributed by atoms with van der Waals surface area (Å²) in [7, 11) is -0.764. The summed E-state index contributed by atoms with van der Waals surface area (Å²) in [6.07, 6.45) is 4.40. The summed E-state index contributed by atoms with van der Waals surface area (Å²) < 4.78 is 14.0. The van der Waals surface area contributed by atoms with Crippen LogP contribution in [0, 0.1) is 4.77 Å². The summed E-state index contributed by atoms with van der Waals surface area (Å²) in [4.78, 5) is 7.63. The van der Waals surface area contributed by atoms with E-state index in [-0.39, 0.29) is 0 Å². The smallest absolute Gasteiger partial charge is 0.178 e. The minimum Gasteiger partial charge on any atom is -0.329 e. The molecule has 0 aliphatic heterocycles. The Bertz CT molecular complexity index is 850. The van der Waals surface area contributed by atoms with E-state index in [0.29, 0.717) is 10.5 Å². The molecule has 0 aliphatic carbocycles. The number of rotatable bonds is 4. The number of hydrogen-bond donors (Lipinski definition) is 1. The number of benzene rings is 1. The van der Waals surface area contributed by atoms with E-state index in [0.717, 1.165) is 34.9 Å². The average molecular weight is 305 g/mol. The number of pyridine rings is 1. The lowest BCUT2D eigenvalue weighted by atomic mass is 10.2. The number of para-hydroxylation sites is 1. The van der Waals surface area contributed by atoms with Crippen molar-refractivity contribution in [3.05, 3.63) is 35.2 Å². The maximum Gasteiger partial charge on any atom is 0.178 e. The van der Waals surface area contributed by atoms with Crippen molar-refractivity contribution in [3.63, 3.8) is 0 Å². The first-order valence-electron chi connectivity index (χ1n) is 6.43. The summed E-state index contributed by atoms with van der Waals surface area (Å²) in [6.45, 7) is 0.770. The van der Waals surface area contributed by atoms with Crippen LogP contribution in [0.25, 0.3) is 21.9 Å². The van der Waals surface area contributed by atoms with Gasteiger partial charge in [0.25, 0.3) is 0 Å². The van der Waals surface area contributed by atoms with Gasteiger partial charge < -0.3 is 9.55 Å². The molecule has 1 aromatic carbocycles. The molecule has 0 aliphatic rings. The maximum absolute atomic E-state index is 11.2. The van der Waals surface area contributed by atoms with Gasteiger partial charge in [0.15, 0.2) is 4.77 Å². The summed E-state index contributed by atoms with van der Waals surface area (Å²) in [5, 5.41) is 1.09. The zero-order chi connectivity index (χ0) is 14.1. The van der Waals surface area contributed by atoms with Gasteiger partial charge in [-0.25, -0.2) is 0 Å². The Morgan fingerprint density at radius 3 is 3.00 bits per heavy atom. The number of aromatic amines is 1. The lowest BCUT2D eigenvalue weighted by Crippen LogP contribution is -2.03. The molecule has 1 unspecified atom stereocenters. The SMILES string of the molecule is CS(=O)CCCn1c(=S)[nH]c2cnc3ccccc3c21. The van der Waals surface area contributed by atoms with Gasteiger partial charge in [-0.3, -0.25) is 9.19 Å². The first kappa shape index (κ1) is 13.5. The molecule has 104 valence electrons. The molecule has 3 rings (SSSR count). The third-order valence-electron chi connectivity index (χ3n) is 3.32. The topological polar surface area (TPSA) is 50.7 Å². The Kier molecular flexibility index (Phi) is 3.67. The van der Waals surface area contributed by atoms with Crippen molar-refractivity contribution in [2.24, 2.45) is 0 Å². The Morgan fingerprint density at radius 2 is 2.20 bits per heavy atom. The Morgan fingerprint density at radius 1 is 1.40 bits per heavy atom. The molecule has 1 atom stereocenters. The zero-order valence-electron chi connectivity index (χ0n) is 11.1. The minimum absolute atomic E-state index is 0.692. The van der Waals surface area contributed by atoms with Crippen LogP contribution in [0.3, 0.4) is 0 Å². The highest BCUT2D eigenvalue weighted by Gasteiger charge is 2.09. The lowest BCUT2D eigenvalue weighted by Gasteiger charge is -2.06.